The van der Waals surface area contributed by atoms with E-state index in [4.69, 9.17) is 0 Å². The maximum atomic E-state index is 13.7. The van der Waals surface area contributed by atoms with Crippen LogP contribution in [0.5, 0.6) is 0 Å². The molecule has 6 rings (SSSR count). The predicted octanol–water partition coefficient (Wildman–Crippen LogP) is 11.2. The number of carbonyl (C=O) groups is 1. The molecule has 1 aliphatic rings. The fraction of sp³-hybridized carbons (Fsp3) is 0.262. The minimum Gasteiger partial charge on any atom is -0.294 e. The van der Waals surface area contributed by atoms with E-state index >= 15 is 0 Å². The number of Topliss-reactive ketones (excluding diaryl/α,β-unsaturated/α-hetero) is 1. The number of aryl methyl sites for hydroxylation is 1. The van der Waals surface area contributed by atoms with Gasteiger partial charge in [0.2, 0.25) is 0 Å². The molecule has 0 saturated heterocycles. The highest BCUT2D eigenvalue weighted by atomic mass is 32.2. The van der Waals surface area contributed by atoms with E-state index in [1.54, 1.807) is 0 Å². The predicted molar refractivity (Wildman–Crippen MR) is 186 cm³/mol. The van der Waals surface area contributed by atoms with Gasteiger partial charge in [0.1, 0.15) is 0 Å². The molecule has 0 aliphatic heterocycles. The molecule has 0 unspecified atom stereocenters. The van der Waals surface area contributed by atoms with Crippen LogP contribution in [0.15, 0.2) is 136 Å². The topological polar surface area (TPSA) is 17.1 Å². The van der Waals surface area contributed by atoms with Gasteiger partial charge in [-0.15, -0.1) is 0 Å². The lowest BCUT2D eigenvalue weighted by atomic mass is 9.70. The molecule has 0 aromatic heterocycles. The van der Waals surface area contributed by atoms with E-state index in [1.807, 2.05) is 12.1 Å². The number of rotatable bonds is 12. The van der Waals surface area contributed by atoms with E-state index in [-0.39, 0.29) is 22.1 Å². The van der Waals surface area contributed by atoms with Gasteiger partial charge in [-0.05, 0) is 102 Å². The summed E-state index contributed by atoms with van der Waals surface area (Å²) < 4.78 is 0. The first kappa shape index (κ1) is 30.2. The van der Waals surface area contributed by atoms with E-state index in [1.165, 1.54) is 42.5 Å². The molecule has 0 fully saturated rings. The Morgan fingerprint density at radius 3 is 1.75 bits per heavy atom. The zero-order chi connectivity index (χ0) is 30.5. The summed E-state index contributed by atoms with van der Waals surface area (Å²) in [6.45, 7) is 6.69. The monoisotopic (exact) mass is 595 g/mol. The summed E-state index contributed by atoms with van der Waals surface area (Å²) in [5.74, 6) is 0.202. The highest BCUT2D eigenvalue weighted by Gasteiger charge is 2.44. The molecule has 0 amide bonds. The number of ketones is 1. The summed E-state index contributed by atoms with van der Waals surface area (Å²) in [6, 6.07) is 44.0. The van der Waals surface area contributed by atoms with Gasteiger partial charge >= 0.3 is 0 Å². The van der Waals surface area contributed by atoms with Crippen LogP contribution in [0, 0.1) is 6.92 Å². The molecule has 0 radical (unpaired) electrons. The van der Waals surface area contributed by atoms with E-state index in [9.17, 15) is 4.79 Å². The Kier molecular flexibility index (Phi) is 9.19. The number of hydrogen-bond acceptors (Lipinski definition) is 1. The lowest BCUT2D eigenvalue weighted by Crippen LogP contribution is -2.26. The van der Waals surface area contributed by atoms with Crippen LogP contribution in [0.3, 0.4) is 0 Å². The molecule has 0 spiro atoms. The molecular weight excluding hydrogens is 553 g/mol. The van der Waals surface area contributed by atoms with Crippen LogP contribution in [0.25, 0.3) is 11.1 Å². The number of benzene rings is 5. The first-order valence-corrected chi connectivity index (χ1v) is 17.5. The fourth-order valence-electron chi connectivity index (χ4n) is 7.00. The summed E-state index contributed by atoms with van der Waals surface area (Å²) >= 11 is 0. The van der Waals surface area contributed by atoms with Crippen molar-refractivity contribution in [3.8, 4) is 11.1 Å². The Bertz CT molecular complexity index is 1690. The highest BCUT2D eigenvalue weighted by molar-refractivity contribution is 7.97. The van der Waals surface area contributed by atoms with Gasteiger partial charge in [-0.25, -0.2) is 0 Å². The Morgan fingerprint density at radius 1 is 0.614 bits per heavy atom. The van der Waals surface area contributed by atoms with Crippen molar-refractivity contribution in [2.45, 2.75) is 85.8 Å². The van der Waals surface area contributed by atoms with Crippen molar-refractivity contribution in [3.63, 3.8) is 0 Å². The van der Waals surface area contributed by atoms with Crippen LogP contribution in [0.4, 0.5) is 0 Å². The zero-order valence-electron chi connectivity index (χ0n) is 26.3. The molecule has 0 saturated carbocycles. The first-order valence-electron chi connectivity index (χ1n) is 16.3. The summed E-state index contributed by atoms with van der Waals surface area (Å²) in [6.07, 6.45) is 7.29. The number of fused-ring (bicyclic) bond motifs is 3. The fourth-order valence-corrected chi connectivity index (χ4v) is 9.12. The molecule has 2 heteroatoms. The van der Waals surface area contributed by atoms with Gasteiger partial charge in [0, 0.05) is 17.4 Å². The molecule has 0 heterocycles. The maximum absolute atomic E-state index is 13.7. The lowest BCUT2D eigenvalue weighted by Gasteiger charge is -2.33. The van der Waals surface area contributed by atoms with Crippen LogP contribution < -0.4 is 0 Å². The largest absolute Gasteiger partial charge is 0.294 e. The van der Waals surface area contributed by atoms with Crippen LogP contribution in [-0.4, -0.2) is 5.78 Å². The van der Waals surface area contributed by atoms with Crippen molar-refractivity contribution in [1.29, 1.82) is 0 Å². The van der Waals surface area contributed by atoms with Crippen molar-refractivity contribution >= 4 is 16.7 Å². The van der Waals surface area contributed by atoms with Crippen molar-refractivity contribution in [3.05, 3.63) is 149 Å². The summed E-state index contributed by atoms with van der Waals surface area (Å²) in [5, 5.41) is 0. The molecule has 0 N–H and O–H groups in total. The summed E-state index contributed by atoms with van der Waals surface area (Å²) in [7, 11) is -0.208. The smallest absolute Gasteiger partial charge is 0.167 e. The normalized spacial score (nSPS) is 13.1. The third-order valence-corrected chi connectivity index (χ3v) is 11.6. The van der Waals surface area contributed by atoms with Gasteiger partial charge in [0.25, 0.3) is 0 Å². The van der Waals surface area contributed by atoms with Gasteiger partial charge < -0.3 is 0 Å². The van der Waals surface area contributed by atoms with Crippen LogP contribution >= 0.6 is 0 Å². The standard InChI is InChI=1S/C42H43OS/c1-4-6-26-42(27-7-5-2)39-28-33(41(43)29-32-17-15-14-16-31(32)3)22-24-37(39)38-25-23-36(30-40(38)42)44(34-18-10-8-11-19-34)35-20-12-9-13-21-35/h8-25,28,30H,4-7,26-27,29H2,1-3H3/q+1. The molecule has 5 aromatic rings. The van der Waals surface area contributed by atoms with Gasteiger partial charge in [-0.2, -0.15) is 0 Å². The highest BCUT2D eigenvalue weighted by Crippen LogP contribution is 2.55. The van der Waals surface area contributed by atoms with E-state index < -0.39 is 0 Å². The van der Waals surface area contributed by atoms with E-state index in [0.717, 1.165) is 49.7 Å². The van der Waals surface area contributed by atoms with Crippen molar-refractivity contribution in [2.24, 2.45) is 0 Å². The molecule has 0 bridgehead atoms. The minimum atomic E-state index is -0.208. The van der Waals surface area contributed by atoms with Gasteiger partial charge in [-0.1, -0.05) is 112 Å². The average molecular weight is 596 g/mol. The van der Waals surface area contributed by atoms with Crippen LogP contribution in [0.2, 0.25) is 0 Å². The number of hydrogen-bond donors (Lipinski definition) is 0. The second kappa shape index (κ2) is 13.4. The van der Waals surface area contributed by atoms with Crippen molar-refractivity contribution in [2.75, 3.05) is 0 Å². The Balaban J connectivity index is 1.49. The van der Waals surface area contributed by atoms with Crippen molar-refractivity contribution in [1.82, 2.24) is 0 Å². The first-order chi connectivity index (χ1) is 21.6. The second-order valence-electron chi connectivity index (χ2n) is 12.2. The number of carbonyl (C=O) groups excluding carboxylic acids is 1. The lowest BCUT2D eigenvalue weighted by molar-refractivity contribution is 0.0992. The van der Waals surface area contributed by atoms with Gasteiger partial charge in [0.05, 0.1) is 10.9 Å². The second-order valence-corrected chi connectivity index (χ2v) is 14.2. The molecule has 1 aliphatic carbocycles. The molecule has 0 atom stereocenters. The molecule has 44 heavy (non-hydrogen) atoms. The summed E-state index contributed by atoms with van der Waals surface area (Å²) in [4.78, 5) is 17.8. The SMILES string of the molecule is CCCCC1(CCCC)c2cc(C(=O)Cc3ccccc3C)ccc2-c2ccc([S+](c3ccccc3)c3ccccc3)cc21. The van der Waals surface area contributed by atoms with Crippen molar-refractivity contribution < 1.29 is 4.79 Å². The molecule has 1 nitrogen and oxygen atoms in total. The quantitative estimate of drug-likeness (QED) is 0.104. The summed E-state index contributed by atoms with van der Waals surface area (Å²) in [5.41, 5.74) is 8.52. The minimum absolute atomic E-state index is 0.0892. The Hall–Kier alpha value is -3.88. The van der Waals surface area contributed by atoms with Gasteiger partial charge in [0.15, 0.2) is 20.5 Å². The number of unbranched alkanes of at least 4 members (excludes halogenated alkanes) is 2. The van der Waals surface area contributed by atoms with E-state index in [0.29, 0.717) is 6.42 Å². The Morgan fingerprint density at radius 2 is 1.16 bits per heavy atom. The maximum Gasteiger partial charge on any atom is 0.167 e. The Labute approximate surface area is 266 Å². The zero-order valence-corrected chi connectivity index (χ0v) is 27.1. The van der Waals surface area contributed by atoms with E-state index in [2.05, 4.69) is 130 Å². The molecular formula is C42H43OS+. The molecule has 5 aromatic carbocycles. The third kappa shape index (κ3) is 5.81. The molecule has 222 valence electrons. The average Bonchev–Trinajstić information content (AvgIpc) is 3.33. The van der Waals surface area contributed by atoms with Gasteiger partial charge in [-0.3, -0.25) is 4.79 Å². The van der Waals surface area contributed by atoms with Crippen LogP contribution in [-0.2, 0) is 22.7 Å². The van der Waals surface area contributed by atoms with Crippen LogP contribution in [0.1, 0.15) is 85.0 Å². The third-order valence-electron chi connectivity index (χ3n) is 9.37.